The van der Waals surface area contributed by atoms with Crippen LogP contribution in [-0.2, 0) is 27.3 Å². The van der Waals surface area contributed by atoms with Gasteiger partial charge in [0.25, 0.3) is 5.91 Å². The van der Waals surface area contributed by atoms with Gasteiger partial charge in [-0.2, -0.15) is 15.3 Å². The minimum Gasteiger partial charge on any atom is -0.480 e. The van der Waals surface area contributed by atoms with Crippen molar-refractivity contribution < 1.29 is 24.6 Å². The van der Waals surface area contributed by atoms with Crippen molar-refractivity contribution >= 4 is 29.2 Å². The van der Waals surface area contributed by atoms with Gasteiger partial charge in [-0.15, -0.1) is 10.2 Å². The Labute approximate surface area is 231 Å². The maximum Gasteiger partial charge on any atom is 0.331 e. The number of aromatic amines is 1. The maximum absolute atomic E-state index is 13.3. The monoisotopic (exact) mass is 557 g/mol. The lowest BCUT2D eigenvalue weighted by atomic mass is 9.77. The number of benzene rings is 2. The number of carbonyl (C=O) groups is 3. The quantitative estimate of drug-likeness (QED) is 0.275. The number of nitrogens with zero attached hydrogens (tertiary/aromatic N) is 6. The van der Waals surface area contributed by atoms with Crippen LogP contribution < -0.4 is 4.80 Å². The molecule has 0 saturated carbocycles. The summed E-state index contributed by atoms with van der Waals surface area (Å²) in [5.74, 6) is -3.23. The Morgan fingerprint density at radius 2 is 1.85 bits per heavy atom. The molecule has 1 amide bonds. The summed E-state index contributed by atoms with van der Waals surface area (Å²) in [4.78, 5) is 41.3. The van der Waals surface area contributed by atoms with Crippen molar-refractivity contribution in [3.8, 4) is 22.5 Å². The lowest BCUT2D eigenvalue weighted by Crippen LogP contribution is -2.40. The molecule has 5 rings (SSSR count). The molecular formula is C27H23N7O5S. The Bertz CT molecular complexity index is 1720. The predicted molar refractivity (Wildman–Crippen MR) is 144 cm³/mol. The summed E-state index contributed by atoms with van der Waals surface area (Å²) in [5.41, 5.74) is 1.29. The average Bonchev–Trinajstić information content (AvgIpc) is 3.64. The van der Waals surface area contributed by atoms with E-state index >= 15 is 0 Å². The van der Waals surface area contributed by atoms with Gasteiger partial charge in [0.05, 0.1) is 6.54 Å². The molecule has 1 aliphatic rings. The highest BCUT2D eigenvalue weighted by Gasteiger charge is 2.46. The molecule has 0 radical (unpaired) electrons. The fourth-order valence-electron chi connectivity index (χ4n) is 4.32. The topological polar surface area (TPSA) is 176 Å². The number of aromatic nitrogens is 6. The zero-order valence-electron chi connectivity index (χ0n) is 21.2. The molecule has 0 bridgehead atoms. The van der Waals surface area contributed by atoms with Crippen LogP contribution in [0.5, 0.6) is 0 Å². The second-order valence-corrected chi connectivity index (χ2v) is 10.0. The van der Waals surface area contributed by atoms with E-state index in [2.05, 4.69) is 30.7 Å². The molecule has 12 nitrogen and oxygen atoms in total. The van der Waals surface area contributed by atoms with Crippen LogP contribution >= 0.6 is 11.3 Å². The van der Waals surface area contributed by atoms with Crippen LogP contribution in [0.25, 0.3) is 22.5 Å². The fourth-order valence-corrected chi connectivity index (χ4v) is 5.15. The number of tetrazole rings is 1. The number of aliphatic carboxylic acids is 2. The third kappa shape index (κ3) is 5.14. The lowest BCUT2D eigenvalue weighted by molar-refractivity contribution is -0.151. The third-order valence-corrected chi connectivity index (χ3v) is 7.55. The van der Waals surface area contributed by atoms with Crippen molar-refractivity contribution in [1.82, 2.24) is 30.4 Å². The number of amides is 1. The molecule has 2 aromatic carbocycles. The van der Waals surface area contributed by atoms with Gasteiger partial charge < -0.3 is 10.2 Å². The van der Waals surface area contributed by atoms with Crippen molar-refractivity contribution in [2.75, 3.05) is 0 Å². The van der Waals surface area contributed by atoms with E-state index in [4.69, 9.17) is 0 Å². The number of carbonyl (C=O) groups excluding carboxylic acids is 1. The number of aryl methyl sites for hydroxylation is 1. The number of hydrogen-bond acceptors (Lipinski definition) is 8. The minimum atomic E-state index is -2.11. The third-order valence-electron chi connectivity index (χ3n) is 6.46. The Morgan fingerprint density at radius 3 is 2.50 bits per heavy atom. The minimum absolute atomic E-state index is 0.180. The van der Waals surface area contributed by atoms with Crippen LogP contribution in [0.2, 0.25) is 0 Å². The molecule has 13 heteroatoms. The number of nitrogens with one attached hydrogen (secondary N) is 1. The summed E-state index contributed by atoms with van der Waals surface area (Å²) in [6.07, 6.45) is 3.83. The second-order valence-electron chi connectivity index (χ2n) is 8.99. The van der Waals surface area contributed by atoms with E-state index in [-0.39, 0.29) is 16.9 Å². The molecule has 40 heavy (non-hydrogen) atoms. The first-order chi connectivity index (χ1) is 19.3. The molecule has 2 aromatic heterocycles. The van der Waals surface area contributed by atoms with Gasteiger partial charge in [-0.1, -0.05) is 85.0 Å². The Morgan fingerprint density at radius 1 is 1.10 bits per heavy atom. The van der Waals surface area contributed by atoms with E-state index in [9.17, 15) is 24.6 Å². The SMILES string of the molecule is CCc1nn(Cc2ccc(-c3ccccc3-c3nn[nH]n3)cc2)c(=NC(=O)C2(C(=O)O)C=CC=C(C(=O)O)C2)s1. The zero-order chi connectivity index (χ0) is 28.3. The van der Waals surface area contributed by atoms with Crippen molar-refractivity contribution in [3.63, 3.8) is 0 Å². The van der Waals surface area contributed by atoms with Crippen molar-refractivity contribution in [1.29, 1.82) is 0 Å². The van der Waals surface area contributed by atoms with Crippen LogP contribution in [0, 0.1) is 5.41 Å². The van der Waals surface area contributed by atoms with E-state index < -0.39 is 29.7 Å². The molecule has 0 saturated heterocycles. The van der Waals surface area contributed by atoms with Crippen molar-refractivity contribution in [2.24, 2.45) is 10.4 Å². The van der Waals surface area contributed by atoms with Crippen LogP contribution in [0.1, 0.15) is 23.9 Å². The van der Waals surface area contributed by atoms with E-state index in [0.29, 0.717) is 17.3 Å². The highest BCUT2D eigenvalue weighted by atomic mass is 32.1. The van der Waals surface area contributed by atoms with E-state index in [1.54, 1.807) is 4.68 Å². The standard InChI is InChI=1S/C27H23N7O5S/c1-2-21-31-34(26(40-21)28-24(37)27(25(38)39)13-5-6-18(14-27)23(35)36)15-16-9-11-17(12-10-16)19-7-3-4-8-20(19)22-29-32-33-30-22/h3-13H,2,14-15H2,1H3,(H,35,36)(H,38,39)(H,29,30,32,33). The molecule has 0 fully saturated rings. The van der Waals surface area contributed by atoms with Gasteiger partial charge in [0.1, 0.15) is 5.01 Å². The number of hydrogen-bond donors (Lipinski definition) is 3. The van der Waals surface area contributed by atoms with Gasteiger partial charge >= 0.3 is 11.9 Å². The van der Waals surface area contributed by atoms with Gasteiger partial charge in [-0.05, 0) is 28.3 Å². The van der Waals surface area contributed by atoms with Gasteiger partial charge in [0.2, 0.25) is 10.6 Å². The summed E-state index contributed by atoms with van der Waals surface area (Å²) < 4.78 is 1.56. The van der Waals surface area contributed by atoms with Gasteiger partial charge in [0.15, 0.2) is 5.41 Å². The number of rotatable bonds is 8. The summed E-state index contributed by atoms with van der Waals surface area (Å²) in [7, 11) is 0. The molecule has 0 spiro atoms. The molecule has 3 N–H and O–H groups in total. The van der Waals surface area contributed by atoms with Crippen LogP contribution in [0.4, 0.5) is 0 Å². The summed E-state index contributed by atoms with van der Waals surface area (Å²) in [6.45, 7) is 2.20. The largest absolute Gasteiger partial charge is 0.480 e. The molecule has 0 aliphatic heterocycles. The summed E-state index contributed by atoms with van der Waals surface area (Å²) in [6, 6.07) is 15.5. The van der Waals surface area contributed by atoms with Gasteiger partial charge in [0, 0.05) is 17.6 Å². The highest BCUT2D eigenvalue weighted by molar-refractivity contribution is 7.08. The first-order valence-electron chi connectivity index (χ1n) is 12.2. The Balaban J connectivity index is 1.45. The lowest BCUT2D eigenvalue weighted by Gasteiger charge is -2.24. The Kier molecular flexibility index (Phi) is 7.29. The zero-order valence-corrected chi connectivity index (χ0v) is 22.0. The first kappa shape index (κ1) is 26.6. The predicted octanol–water partition coefficient (Wildman–Crippen LogP) is 2.87. The molecular weight excluding hydrogens is 534 g/mol. The number of allylic oxidation sites excluding steroid dienone is 2. The van der Waals surface area contributed by atoms with Gasteiger partial charge in [-0.25, -0.2) is 9.48 Å². The molecule has 4 aromatic rings. The van der Waals surface area contributed by atoms with Crippen LogP contribution in [-0.4, -0.2) is 58.5 Å². The number of carboxylic acid groups (broad SMARTS) is 2. The highest BCUT2D eigenvalue weighted by Crippen LogP contribution is 2.34. The smallest absolute Gasteiger partial charge is 0.331 e. The summed E-state index contributed by atoms with van der Waals surface area (Å²) >= 11 is 1.18. The number of carboxylic acids is 2. The van der Waals surface area contributed by atoms with E-state index in [1.807, 2.05) is 55.5 Å². The Hall–Kier alpha value is -5.04. The molecule has 1 aliphatic carbocycles. The van der Waals surface area contributed by atoms with E-state index in [1.165, 1.54) is 29.6 Å². The van der Waals surface area contributed by atoms with Crippen LogP contribution in [0.15, 0.2) is 77.3 Å². The normalized spacial score (nSPS) is 17.0. The second kappa shape index (κ2) is 11.0. The molecule has 1 unspecified atom stereocenters. The van der Waals surface area contributed by atoms with E-state index in [0.717, 1.165) is 22.3 Å². The van der Waals surface area contributed by atoms with Crippen molar-refractivity contribution in [3.05, 3.63) is 87.7 Å². The first-order valence-corrected chi connectivity index (χ1v) is 13.1. The number of H-pyrrole nitrogens is 1. The fraction of sp³-hybridized carbons (Fsp3) is 0.185. The molecule has 2 heterocycles. The average molecular weight is 558 g/mol. The van der Waals surface area contributed by atoms with Crippen molar-refractivity contribution in [2.45, 2.75) is 26.3 Å². The molecule has 202 valence electrons. The van der Waals surface area contributed by atoms with Gasteiger partial charge in [-0.3, -0.25) is 9.59 Å². The summed E-state index contributed by atoms with van der Waals surface area (Å²) in [5, 5.41) is 38.8. The van der Waals surface area contributed by atoms with Crippen LogP contribution in [0.3, 0.4) is 0 Å². The maximum atomic E-state index is 13.3. The molecule has 1 atom stereocenters.